The number of aromatic hydroxyl groups is 1. The van der Waals surface area contributed by atoms with Crippen LogP contribution in [0.5, 0.6) is 11.5 Å². The van der Waals surface area contributed by atoms with Crippen molar-refractivity contribution in [2.75, 3.05) is 7.11 Å². The van der Waals surface area contributed by atoms with E-state index in [1.165, 1.54) is 13.2 Å². The summed E-state index contributed by atoms with van der Waals surface area (Å²) in [6.07, 6.45) is 1.61. The largest absolute Gasteiger partial charge is 0.508 e. The van der Waals surface area contributed by atoms with Gasteiger partial charge >= 0.3 is 0 Å². The molecule has 1 unspecified atom stereocenters. The first kappa shape index (κ1) is 25.0. The van der Waals surface area contributed by atoms with E-state index in [1.54, 1.807) is 4.57 Å². The van der Waals surface area contributed by atoms with Crippen molar-refractivity contribution in [1.29, 1.82) is 0 Å². The molecule has 0 saturated carbocycles. The fourth-order valence-electron chi connectivity index (χ4n) is 4.45. The number of rotatable bonds is 9. The van der Waals surface area contributed by atoms with E-state index in [4.69, 9.17) is 9.72 Å². The number of imidazole rings is 1. The molecule has 2 N–H and O–H groups in total. The molecule has 0 fully saturated rings. The third-order valence-electron chi connectivity index (χ3n) is 6.11. The van der Waals surface area contributed by atoms with Gasteiger partial charge in [-0.3, -0.25) is 4.79 Å². The van der Waals surface area contributed by atoms with E-state index >= 15 is 4.39 Å². The fraction of sp³-hybridized carbons (Fsp3) is 0.241. The molecule has 0 saturated heterocycles. The van der Waals surface area contributed by atoms with Gasteiger partial charge in [0, 0.05) is 24.2 Å². The molecule has 1 aromatic heterocycles. The lowest BCUT2D eigenvalue weighted by atomic mass is 10.0. The quantitative estimate of drug-likeness (QED) is 0.288. The molecule has 7 heteroatoms. The van der Waals surface area contributed by atoms with Crippen molar-refractivity contribution in [3.63, 3.8) is 0 Å². The number of benzene rings is 3. The van der Waals surface area contributed by atoms with Crippen LogP contribution in [0, 0.1) is 5.82 Å². The summed E-state index contributed by atoms with van der Waals surface area (Å²) in [6, 6.07) is 21.3. The second-order valence-corrected chi connectivity index (χ2v) is 8.47. The summed E-state index contributed by atoms with van der Waals surface area (Å²) < 4.78 is 22.5. The zero-order valence-electron chi connectivity index (χ0n) is 20.7. The predicted molar refractivity (Wildman–Crippen MR) is 139 cm³/mol. The Balaban J connectivity index is 1.91. The van der Waals surface area contributed by atoms with Crippen molar-refractivity contribution in [1.82, 2.24) is 14.9 Å². The van der Waals surface area contributed by atoms with Gasteiger partial charge in [0.1, 0.15) is 34.5 Å². The highest BCUT2D eigenvalue weighted by Crippen LogP contribution is 2.39. The molecule has 0 spiro atoms. The number of carbonyl (C=O) groups excluding carboxylic acids is 1. The summed E-state index contributed by atoms with van der Waals surface area (Å²) in [4.78, 5) is 18.7. The maximum atomic E-state index is 15.3. The Hall–Kier alpha value is -4.13. The lowest BCUT2D eigenvalue weighted by Gasteiger charge is -2.20. The van der Waals surface area contributed by atoms with Crippen LogP contribution in [0.4, 0.5) is 4.39 Å². The van der Waals surface area contributed by atoms with Crippen LogP contribution in [-0.2, 0) is 6.54 Å². The molecule has 36 heavy (non-hydrogen) atoms. The third kappa shape index (κ3) is 4.96. The van der Waals surface area contributed by atoms with E-state index in [0.717, 1.165) is 30.0 Å². The van der Waals surface area contributed by atoms with Crippen molar-refractivity contribution in [2.45, 2.75) is 39.3 Å². The van der Waals surface area contributed by atoms with Gasteiger partial charge in [-0.2, -0.15) is 0 Å². The molecule has 1 amide bonds. The van der Waals surface area contributed by atoms with Gasteiger partial charge in [-0.25, -0.2) is 9.37 Å². The van der Waals surface area contributed by atoms with Crippen molar-refractivity contribution in [3.05, 3.63) is 89.9 Å². The van der Waals surface area contributed by atoms with Gasteiger partial charge in [-0.1, -0.05) is 74.0 Å². The second kappa shape index (κ2) is 11.1. The van der Waals surface area contributed by atoms with Crippen LogP contribution < -0.4 is 10.1 Å². The molecule has 0 aliphatic rings. The maximum Gasteiger partial charge on any atom is 0.270 e. The molecule has 1 atom stereocenters. The normalized spacial score (nSPS) is 11.8. The molecular formula is C29H30FN3O3. The fourth-order valence-corrected chi connectivity index (χ4v) is 4.45. The number of amides is 1. The Morgan fingerprint density at radius 1 is 1.08 bits per heavy atom. The Bertz CT molecular complexity index is 1340. The van der Waals surface area contributed by atoms with Crippen molar-refractivity contribution in [2.24, 2.45) is 0 Å². The molecule has 4 rings (SSSR count). The molecule has 186 valence electrons. The van der Waals surface area contributed by atoms with Crippen LogP contribution in [0.25, 0.3) is 22.6 Å². The highest BCUT2D eigenvalue weighted by molar-refractivity contribution is 6.00. The van der Waals surface area contributed by atoms with Gasteiger partial charge in [0.15, 0.2) is 0 Å². The highest BCUT2D eigenvalue weighted by Gasteiger charge is 2.29. The average molecular weight is 488 g/mol. The van der Waals surface area contributed by atoms with Gasteiger partial charge in [0.25, 0.3) is 5.91 Å². The number of phenols is 1. The Kier molecular flexibility index (Phi) is 7.68. The first-order chi connectivity index (χ1) is 17.5. The molecule has 0 aliphatic carbocycles. The minimum Gasteiger partial charge on any atom is -0.508 e. The number of methoxy groups -OCH3 is 1. The minimum atomic E-state index is -0.727. The van der Waals surface area contributed by atoms with Crippen molar-refractivity contribution in [3.8, 4) is 34.1 Å². The van der Waals surface area contributed by atoms with Gasteiger partial charge in [0.05, 0.1) is 18.7 Å². The van der Waals surface area contributed by atoms with Gasteiger partial charge in [0.2, 0.25) is 0 Å². The summed E-state index contributed by atoms with van der Waals surface area (Å²) >= 11 is 0. The first-order valence-electron chi connectivity index (χ1n) is 12.1. The Morgan fingerprint density at radius 2 is 1.75 bits per heavy atom. The van der Waals surface area contributed by atoms with E-state index in [2.05, 4.69) is 12.2 Å². The zero-order valence-corrected chi connectivity index (χ0v) is 20.7. The number of halogens is 1. The number of nitrogens with zero attached hydrogens (tertiary/aromatic N) is 2. The molecule has 4 aromatic rings. The van der Waals surface area contributed by atoms with Crippen LogP contribution in [-0.4, -0.2) is 27.7 Å². The van der Waals surface area contributed by atoms with Crippen molar-refractivity contribution >= 4 is 5.91 Å². The molecule has 0 bridgehead atoms. The number of phenolic OH excluding ortho intramolecular Hbond substituents is 1. The highest BCUT2D eigenvalue weighted by atomic mass is 19.1. The van der Waals surface area contributed by atoms with Crippen LogP contribution in [0.1, 0.15) is 48.8 Å². The van der Waals surface area contributed by atoms with Crippen LogP contribution >= 0.6 is 0 Å². The van der Waals surface area contributed by atoms with Crippen LogP contribution in [0.15, 0.2) is 72.8 Å². The Labute approximate surface area is 210 Å². The van der Waals surface area contributed by atoms with Crippen molar-refractivity contribution < 1.29 is 19.0 Å². The van der Waals surface area contributed by atoms with E-state index in [-0.39, 0.29) is 40.4 Å². The first-order valence-corrected chi connectivity index (χ1v) is 12.1. The summed E-state index contributed by atoms with van der Waals surface area (Å²) in [5, 5.41) is 13.1. The maximum absolute atomic E-state index is 15.3. The van der Waals surface area contributed by atoms with E-state index in [1.807, 2.05) is 67.6 Å². The predicted octanol–water partition coefficient (Wildman–Crippen LogP) is 6.36. The van der Waals surface area contributed by atoms with Gasteiger partial charge in [-0.05, 0) is 18.9 Å². The molecular weight excluding hydrogens is 457 g/mol. The van der Waals surface area contributed by atoms with Crippen LogP contribution in [0.2, 0.25) is 0 Å². The number of hydrogen-bond donors (Lipinski definition) is 2. The monoisotopic (exact) mass is 487 g/mol. The standard InChI is InChI=1S/C29H30FN3O3/c1-4-12-23(19-13-8-6-9-14-19)31-29(35)27-26(25-22(30)17-21(34)18-24(25)36-3)32-28(33(27)5-2)20-15-10-7-11-16-20/h6-11,13-18,23,34H,4-5,12H2,1-3H3,(H,31,35). The molecule has 3 aromatic carbocycles. The average Bonchev–Trinajstić information content (AvgIpc) is 3.28. The number of aromatic nitrogens is 2. The van der Waals surface area contributed by atoms with E-state index in [9.17, 15) is 9.90 Å². The topological polar surface area (TPSA) is 76.4 Å². The summed E-state index contributed by atoms with van der Waals surface area (Å²) in [5.41, 5.74) is 2.21. The Morgan fingerprint density at radius 3 is 2.36 bits per heavy atom. The number of nitrogens with one attached hydrogen (secondary N) is 1. The molecule has 1 heterocycles. The summed E-state index contributed by atoms with van der Waals surface area (Å²) in [6.45, 7) is 4.42. The summed E-state index contributed by atoms with van der Waals surface area (Å²) in [5.74, 6) is -0.730. The lowest BCUT2D eigenvalue weighted by molar-refractivity contribution is 0.0926. The van der Waals surface area contributed by atoms with Gasteiger partial charge < -0.3 is 19.7 Å². The third-order valence-corrected chi connectivity index (χ3v) is 6.11. The second-order valence-electron chi connectivity index (χ2n) is 8.47. The van der Waals surface area contributed by atoms with E-state index in [0.29, 0.717) is 12.4 Å². The molecule has 0 radical (unpaired) electrons. The summed E-state index contributed by atoms with van der Waals surface area (Å²) in [7, 11) is 1.39. The lowest BCUT2D eigenvalue weighted by Crippen LogP contribution is -2.31. The molecule has 6 nitrogen and oxygen atoms in total. The minimum absolute atomic E-state index is 0.0246. The van der Waals surface area contributed by atoms with E-state index < -0.39 is 5.82 Å². The number of carbonyl (C=O) groups is 1. The SMILES string of the molecule is CCCC(NC(=O)c1c(-c2c(F)cc(O)cc2OC)nc(-c2ccccc2)n1CC)c1ccccc1. The number of hydrogen-bond acceptors (Lipinski definition) is 4. The molecule has 0 aliphatic heterocycles. The zero-order chi connectivity index (χ0) is 25.7. The number of ether oxygens (including phenoxy) is 1. The smallest absolute Gasteiger partial charge is 0.270 e. The van der Waals surface area contributed by atoms with Gasteiger partial charge in [-0.15, -0.1) is 0 Å². The van der Waals surface area contributed by atoms with Crippen LogP contribution in [0.3, 0.4) is 0 Å².